The van der Waals surface area contributed by atoms with Gasteiger partial charge in [0, 0.05) is 17.7 Å². The van der Waals surface area contributed by atoms with Gasteiger partial charge in [0.05, 0.1) is 19.4 Å². The molecule has 0 fully saturated rings. The molecule has 0 aliphatic heterocycles. The second-order valence-corrected chi connectivity index (χ2v) is 4.06. The lowest BCUT2D eigenvalue weighted by Gasteiger charge is -2.08. The maximum Gasteiger partial charge on any atom is 0.133 e. The Bertz CT molecular complexity index is 541. The van der Waals surface area contributed by atoms with Crippen LogP contribution >= 0.6 is 0 Å². The second kappa shape index (κ2) is 5.60. The van der Waals surface area contributed by atoms with E-state index in [1.807, 2.05) is 31.2 Å². The zero-order valence-electron chi connectivity index (χ0n) is 10.6. The lowest BCUT2D eigenvalue weighted by Crippen LogP contribution is -2.03. The third kappa shape index (κ3) is 2.84. The molecule has 0 spiro atoms. The summed E-state index contributed by atoms with van der Waals surface area (Å²) in [4.78, 5) is 8.68. The molecular formula is C14H16N2O2. The first-order chi connectivity index (χ1) is 8.72. The molecule has 0 unspecified atom stereocenters. The minimum atomic E-state index is -0.0672. The van der Waals surface area contributed by atoms with Crippen LogP contribution in [0.15, 0.2) is 30.3 Å². The van der Waals surface area contributed by atoms with E-state index in [9.17, 15) is 0 Å². The Morgan fingerprint density at radius 2 is 2.00 bits per heavy atom. The number of aliphatic hydroxyl groups is 1. The van der Waals surface area contributed by atoms with Crippen molar-refractivity contribution in [2.24, 2.45) is 0 Å². The third-order valence-electron chi connectivity index (χ3n) is 2.66. The maximum atomic E-state index is 9.14. The summed E-state index contributed by atoms with van der Waals surface area (Å²) in [6, 6.07) is 9.58. The van der Waals surface area contributed by atoms with Crippen LogP contribution in [0.3, 0.4) is 0 Å². The molecule has 0 saturated heterocycles. The van der Waals surface area contributed by atoms with E-state index in [2.05, 4.69) is 9.97 Å². The smallest absolute Gasteiger partial charge is 0.133 e. The van der Waals surface area contributed by atoms with Gasteiger partial charge in [-0.1, -0.05) is 18.2 Å². The molecule has 94 valence electrons. The normalized spacial score (nSPS) is 10.4. The summed E-state index contributed by atoms with van der Waals surface area (Å²) in [5, 5.41) is 9.14. The Hall–Kier alpha value is -1.94. The molecule has 1 heterocycles. The summed E-state index contributed by atoms with van der Waals surface area (Å²) in [6.45, 7) is 1.83. The van der Waals surface area contributed by atoms with Gasteiger partial charge in [0.15, 0.2) is 0 Å². The number of benzene rings is 1. The van der Waals surface area contributed by atoms with Gasteiger partial charge in [0.1, 0.15) is 11.6 Å². The van der Waals surface area contributed by atoms with Crippen molar-refractivity contribution in [3.8, 4) is 5.75 Å². The number of methoxy groups -OCH3 is 1. The molecule has 18 heavy (non-hydrogen) atoms. The van der Waals surface area contributed by atoms with Crippen molar-refractivity contribution >= 4 is 0 Å². The predicted octanol–water partition coefficient (Wildman–Crippen LogP) is 1.88. The molecule has 1 N–H and O–H groups in total. The molecule has 4 heteroatoms. The number of aliphatic hydroxyl groups excluding tert-OH is 1. The van der Waals surface area contributed by atoms with E-state index in [-0.39, 0.29) is 6.61 Å². The van der Waals surface area contributed by atoms with E-state index < -0.39 is 0 Å². The average Bonchev–Trinajstić information content (AvgIpc) is 2.38. The summed E-state index contributed by atoms with van der Waals surface area (Å²) < 4.78 is 5.30. The van der Waals surface area contributed by atoms with Crippen LogP contribution in [0.25, 0.3) is 0 Å². The summed E-state index contributed by atoms with van der Waals surface area (Å²) in [6.07, 6.45) is 0.596. The number of ether oxygens (including phenoxy) is 1. The van der Waals surface area contributed by atoms with Crippen molar-refractivity contribution in [3.05, 3.63) is 53.1 Å². The van der Waals surface area contributed by atoms with Gasteiger partial charge in [-0.15, -0.1) is 0 Å². The Labute approximate surface area is 106 Å². The van der Waals surface area contributed by atoms with Gasteiger partial charge in [-0.3, -0.25) is 0 Å². The van der Waals surface area contributed by atoms with Gasteiger partial charge in [0.25, 0.3) is 0 Å². The molecule has 0 aliphatic rings. The maximum absolute atomic E-state index is 9.14. The Balaban J connectivity index is 2.30. The Morgan fingerprint density at radius 1 is 1.22 bits per heavy atom. The summed E-state index contributed by atoms with van der Waals surface area (Å²) in [5.41, 5.74) is 2.54. The zero-order valence-corrected chi connectivity index (χ0v) is 10.6. The van der Waals surface area contributed by atoms with Gasteiger partial charge < -0.3 is 9.84 Å². The van der Waals surface area contributed by atoms with Crippen molar-refractivity contribution in [2.45, 2.75) is 20.0 Å². The van der Waals surface area contributed by atoms with E-state index in [0.29, 0.717) is 17.9 Å². The lowest BCUT2D eigenvalue weighted by molar-refractivity contribution is 0.276. The number of nitrogens with zero attached hydrogens (tertiary/aromatic N) is 2. The highest BCUT2D eigenvalue weighted by atomic mass is 16.5. The van der Waals surface area contributed by atoms with Gasteiger partial charge in [0.2, 0.25) is 0 Å². The first kappa shape index (κ1) is 12.5. The molecule has 0 radical (unpaired) electrons. The van der Waals surface area contributed by atoms with Crippen LogP contribution in [0.4, 0.5) is 0 Å². The summed E-state index contributed by atoms with van der Waals surface area (Å²) in [5.74, 6) is 1.52. The average molecular weight is 244 g/mol. The lowest BCUT2D eigenvalue weighted by atomic mass is 10.1. The summed E-state index contributed by atoms with van der Waals surface area (Å²) >= 11 is 0. The largest absolute Gasteiger partial charge is 0.496 e. The molecule has 0 atom stereocenters. The molecule has 1 aromatic heterocycles. The predicted molar refractivity (Wildman–Crippen MR) is 68.5 cm³/mol. The Kier molecular flexibility index (Phi) is 3.89. The van der Waals surface area contributed by atoms with Crippen molar-refractivity contribution in [1.82, 2.24) is 9.97 Å². The van der Waals surface area contributed by atoms with Gasteiger partial charge in [-0.25, -0.2) is 9.97 Å². The van der Waals surface area contributed by atoms with Crippen molar-refractivity contribution in [3.63, 3.8) is 0 Å². The number of aromatic nitrogens is 2. The van der Waals surface area contributed by atoms with Crippen LogP contribution in [-0.4, -0.2) is 22.2 Å². The highest BCUT2D eigenvalue weighted by Crippen LogP contribution is 2.19. The molecule has 2 aromatic rings. The second-order valence-electron chi connectivity index (χ2n) is 4.06. The van der Waals surface area contributed by atoms with Crippen LogP contribution < -0.4 is 4.74 Å². The SMILES string of the molecule is COc1ccccc1Cc1nc(C)cc(CO)n1. The number of rotatable bonds is 4. The highest BCUT2D eigenvalue weighted by molar-refractivity contribution is 5.35. The van der Waals surface area contributed by atoms with Crippen molar-refractivity contribution < 1.29 is 9.84 Å². The van der Waals surface area contributed by atoms with E-state index in [1.54, 1.807) is 13.2 Å². The van der Waals surface area contributed by atoms with E-state index in [1.165, 1.54) is 0 Å². The molecule has 0 bridgehead atoms. The topological polar surface area (TPSA) is 55.2 Å². The molecule has 0 amide bonds. The van der Waals surface area contributed by atoms with Crippen LogP contribution in [-0.2, 0) is 13.0 Å². The fourth-order valence-corrected chi connectivity index (χ4v) is 1.88. The first-order valence-electron chi connectivity index (χ1n) is 5.79. The standard InChI is InChI=1S/C14H16N2O2/c1-10-7-12(9-17)16-14(15-10)8-11-5-3-4-6-13(11)18-2/h3-7,17H,8-9H2,1-2H3. The quantitative estimate of drug-likeness (QED) is 0.892. The van der Waals surface area contributed by atoms with Crippen molar-refractivity contribution in [1.29, 1.82) is 0 Å². The van der Waals surface area contributed by atoms with Crippen LogP contribution in [0.5, 0.6) is 5.75 Å². The van der Waals surface area contributed by atoms with Crippen LogP contribution in [0.1, 0.15) is 22.8 Å². The van der Waals surface area contributed by atoms with E-state index in [0.717, 1.165) is 17.0 Å². The number of hydrogen-bond donors (Lipinski definition) is 1. The minimum Gasteiger partial charge on any atom is -0.496 e. The third-order valence-corrected chi connectivity index (χ3v) is 2.66. The van der Waals surface area contributed by atoms with Gasteiger partial charge in [-0.2, -0.15) is 0 Å². The van der Waals surface area contributed by atoms with Crippen molar-refractivity contribution in [2.75, 3.05) is 7.11 Å². The van der Waals surface area contributed by atoms with Gasteiger partial charge >= 0.3 is 0 Å². The first-order valence-corrected chi connectivity index (χ1v) is 5.79. The van der Waals surface area contributed by atoms with E-state index >= 15 is 0 Å². The summed E-state index contributed by atoms with van der Waals surface area (Å²) in [7, 11) is 1.65. The monoisotopic (exact) mass is 244 g/mol. The fraction of sp³-hybridized carbons (Fsp3) is 0.286. The minimum absolute atomic E-state index is 0.0672. The number of para-hydroxylation sites is 1. The molecule has 4 nitrogen and oxygen atoms in total. The molecule has 0 aliphatic carbocycles. The highest BCUT2D eigenvalue weighted by Gasteiger charge is 2.07. The molecule has 2 rings (SSSR count). The zero-order chi connectivity index (χ0) is 13.0. The van der Waals surface area contributed by atoms with Crippen LogP contribution in [0.2, 0.25) is 0 Å². The molecule has 0 saturated carbocycles. The van der Waals surface area contributed by atoms with Gasteiger partial charge in [-0.05, 0) is 19.1 Å². The fourth-order valence-electron chi connectivity index (χ4n) is 1.88. The van der Waals surface area contributed by atoms with Crippen LogP contribution in [0, 0.1) is 6.92 Å². The molecular weight excluding hydrogens is 228 g/mol. The van der Waals surface area contributed by atoms with E-state index in [4.69, 9.17) is 9.84 Å². The molecule has 1 aromatic carbocycles. The number of hydrogen-bond acceptors (Lipinski definition) is 4. The number of aryl methyl sites for hydroxylation is 1. The Morgan fingerprint density at radius 3 is 2.72 bits per heavy atom.